The van der Waals surface area contributed by atoms with Crippen molar-refractivity contribution in [3.8, 4) is 11.3 Å². The SMILES string of the molecule is Cn1c(-c2ccccc2)cc2sc(C=C3C(=O)c4ccccc4C3=O)cc21. The van der Waals surface area contributed by atoms with Crippen LogP contribution >= 0.6 is 11.3 Å². The summed E-state index contributed by atoms with van der Waals surface area (Å²) >= 11 is 1.59. The highest BCUT2D eigenvalue weighted by atomic mass is 32.1. The maximum absolute atomic E-state index is 12.6. The second kappa shape index (κ2) is 5.89. The minimum atomic E-state index is -0.182. The van der Waals surface area contributed by atoms with Crippen molar-refractivity contribution >= 4 is 39.2 Å². The average molecular weight is 369 g/mol. The highest BCUT2D eigenvalue weighted by Crippen LogP contribution is 2.35. The second-order valence-electron chi connectivity index (χ2n) is 6.61. The Kier molecular flexibility index (Phi) is 3.49. The summed E-state index contributed by atoms with van der Waals surface area (Å²) in [6.45, 7) is 0. The molecule has 4 heteroatoms. The molecular formula is C23H15NO2S. The van der Waals surface area contributed by atoms with E-state index in [1.807, 2.05) is 31.3 Å². The zero-order valence-corrected chi connectivity index (χ0v) is 15.4. The highest BCUT2D eigenvalue weighted by molar-refractivity contribution is 7.19. The van der Waals surface area contributed by atoms with Gasteiger partial charge in [-0.2, -0.15) is 0 Å². The fourth-order valence-electron chi connectivity index (χ4n) is 3.63. The first-order valence-electron chi connectivity index (χ1n) is 8.68. The summed E-state index contributed by atoms with van der Waals surface area (Å²) in [7, 11) is 2.04. The second-order valence-corrected chi connectivity index (χ2v) is 7.73. The number of allylic oxidation sites excluding steroid dienone is 1. The molecular weight excluding hydrogens is 354 g/mol. The minimum Gasteiger partial charge on any atom is -0.343 e. The Labute approximate surface area is 160 Å². The Bertz CT molecular complexity index is 1220. The first-order chi connectivity index (χ1) is 13.1. The van der Waals surface area contributed by atoms with Crippen LogP contribution in [0.25, 0.3) is 27.6 Å². The summed E-state index contributed by atoms with van der Waals surface area (Å²) in [5, 5.41) is 0. The lowest BCUT2D eigenvalue weighted by Gasteiger charge is -2.03. The normalized spacial score (nSPS) is 13.4. The molecule has 130 valence electrons. The Balaban J connectivity index is 1.57. The van der Waals surface area contributed by atoms with Crippen LogP contribution in [0.4, 0.5) is 0 Å². The van der Waals surface area contributed by atoms with Crippen LogP contribution in [0.3, 0.4) is 0 Å². The van der Waals surface area contributed by atoms with E-state index < -0.39 is 0 Å². The lowest BCUT2D eigenvalue weighted by molar-refractivity contribution is 0.0990. The number of aryl methyl sites for hydroxylation is 1. The molecule has 0 unspecified atom stereocenters. The maximum Gasteiger partial charge on any atom is 0.197 e. The molecule has 0 bridgehead atoms. The Hall–Kier alpha value is -3.24. The minimum absolute atomic E-state index is 0.182. The molecule has 2 aromatic heterocycles. The van der Waals surface area contributed by atoms with E-state index in [-0.39, 0.29) is 17.1 Å². The van der Waals surface area contributed by atoms with Gasteiger partial charge >= 0.3 is 0 Å². The molecule has 0 aliphatic heterocycles. The molecule has 2 aromatic carbocycles. The van der Waals surface area contributed by atoms with E-state index in [0.29, 0.717) is 11.1 Å². The largest absolute Gasteiger partial charge is 0.343 e. The number of hydrogen-bond acceptors (Lipinski definition) is 3. The third-order valence-electron chi connectivity index (χ3n) is 5.01. The summed E-state index contributed by atoms with van der Waals surface area (Å²) in [6.07, 6.45) is 1.73. The number of thiophene rings is 1. The molecule has 0 N–H and O–H groups in total. The number of aromatic nitrogens is 1. The van der Waals surface area contributed by atoms with Gasteiger partial charge in [0.25, 0.3) is 0 Å². The summed E-state index contributed by atoms with van der Waals surface area (Å²) in [6, 6.07) is 21.5. The third-order valence-corrected chi connectivity index (χ3v) is 6.03. The van der Waals surface area contributed by atoms with Gasteiger partial charge in [0, 0.05) is 28.7 Å². The molecule has 4 aromatic rings. The van der Waals surface area contributed by atoms with Crippen LogP contribution < -0.4 is 0 Å². The van der Waals surface area contributed by atoms with E-state index in [1.165, 1.54) is 5.56 Å². The lowest BCUT2D eigenvalue weighted by Crippen LogP contribution is -1.99. The fraction of sp³-hybridized carbons (Fsp3) is 0.0435. The lowest BCUT2D eigenvalue weighted by atomic mass is 10.1. The van der Waals surface area contributed by atoms with Gasteiger partial charge in [-0.25, -0.2) is 0 Å². The maximum atomic E-state index is 12.6. The molecule has 27 heavy (non-hydrogen) atoms. The molecule has 0 radical (unpaired) electrons. The first kappa shape index (κ1) is 16.0. The molecule has 5 rings (SSSR count). The van der Waals surface area contributed by atoms with E-state index in [1.54, 1.807) is 41.7 Å². The highest BCUT2D eigenvalue weighted by Gasteiger charge is 2.32. The van der Waals surface area contributed by atoms with Crippen LogP contribution in [0.15, 0.2) is 72.3 Å². The van der Waals surface area contributed by atoms with Crippen molar-refractivity contribution in [1.82, 2.24) is 4.57 Å². The van der Waals surface area contributed by atoms with Crippen LogP contribution in [0, 0.1) is 0 Å². The standard InChI is InChI=1S/C23H15NO2S/c1-24-19(14-7-3-2-4-8-14)13-21-20(24)12-15(27-21)11-18-22(25)16-9-5-6-10-17(16)23(18)26/h2-13H,1H3. The number of carbonyl (C=O) groups is 2. The molecule has 2 heterocycles. The van der Waals surface area contributed by atoms with Gasteiger partial charge in [0.15, 0.2) is 11.6 Å². The summed E-state index contributed by atoms with van der Waals surface area (Å²) < 4.78 is 3.29. The van der Waals surface area contributed by atoms with Gasteiger partial charge in [0.2, 0.25) is 0 Å². The Morgan fingerprint density at radius 1 is 0.852 bits per heavy atom. The number of fused-ring (bicyclic) bond motifs is 2. The first-order valence-corrected chi connectivity index (χ1v) is 9.50. The number of rotatable bonds is 2. The van der Waals surface area contributed by atoms with Crippen LogP contribution in [0.5, 0.6) is 0 Å². The van der Waals surface area contributed by atoms with Crippen molar-refractivity contribution in [3.05, 3.63) is 88.3 Å². The van der Waals surface area contributed by atoms with Crippen molar-refractivity contribution in [2.75, 3.05) is 0 Å². The van der Waals surface area contributed by atoms with Gasteiger partial charge in [-0.15, -0.1) is 11.3 Å². The van der Waals surface area contributed by atoms with Crippen LogP contribution in [0.2, 0.25) is 0 Å². The van der Waals surface area contributed by atoms with Crippen molar-refractivity contribution in [3.63, 3.8) is 0 Å². The van der Waals surface area contributed by atoms with Gasteiger partial charge in [-0.1, -0.05) is 54.6 Å². The quantitative estimate of drug-likeness (QED) is 0.352. The number of carbonyl (C=O) groups excluding carboxylic acids is 2. The monoisotopic (exact) mass is 369 g/mol. The molecule has 0 saturated heterocycles. The van der Waals surface area contributed by atoms with E-state index in [9.17, 15) is 9.59 Å². The number of nitrogens with zero attached hydrogens (tertiary/aromatic N) is 1. The molecule has 0 spiro atoms. The van der Waals surface area contributed by atoms with Crippen molar-refractivity contribution in [2.24, 2.45) is 7.05 Å². The Morgan fingerprint density at radius 2 is 1.48 bits per heavy atom. The molecule has 0 amide bonds. The van der Waals surface area contributed by atoms with Crippen LogP contribution in [-0.2, 0) is 7.05 Å². The summed E-state index contributed by atoms with van der Waals surface area (Å²) in [4.78, 5) is 26.1. The van der Waals surface area contributed by atoms with E-state index in [4.69, 9.17) is 0 Å². The molecule has 0 fully saturated rings. The number of hydrogen-bond donors (Lipinski definition) is 0. The van der Waals surface area contributed by atoms with Gasteiger partial charge in [-0.05, 0) is 23.8 Å². The summed E-state index contributed by atoms with van der Waals surface area (Å²) in [5.74, 6) is -0.365. The van der Waals surface area contributed by atoms with E-state index >= 15 is 0 Å². The van der Waals surface area contributed by atoms with Gasteiger partial charge in [0.1, 0.15) is 0 Å². The average Bonchev–Trinajstić information content (AvgIpc) is 3.31. The molecule has 3 nitrogen and oxygen atoms in total. The van der Waals surface area contributed by atoms with Crippen molar-refractivity contribution in [2.45, 2.75) is 0 Å². The number of benzene rings is 2. The fourth-order valence-corrected chi connectivity index (χ4v) is 4.71. The predicted molar refractivity (Wildman–Crippen MR) is 109 cm³/mol. The van der Waals surface area contributed by atoms with Crippen molar-refractivity contribution in [1.29, 1.82) is 0 Å². The van der Waals surface area contributed by atoms with Crippen LogP contribution in [-0.4, -0.2) is 16.1 Å². The zero-order chi connectivity index (χ0) is 18.5. The molecule has 0 atom stereocenters. The Morgan fingerprint density at radius 3 is 2.11 bits per heavy atom. The van der Waals surface area contributed by atoms with Gasteiger partial charge in [-0.3, -0.25) is 9.59 Å². The molecule has 0 saturated carbocycles. The topological polar surface area (TPSA) is 39.1 Å². The van der Waals surface area contributed by atoms with Crippen LogP contribution in [0.1, 0.15) is 25.6 Å². The smallest absolute Gasteiger partial charge is 0.197 e. The number of ketones is 2. The third kappa shape index (κ3) is 2.41. The van der Waals surface area contributed by atoms with E-state index in [2.05, 4.69) is 22.8 Å². The van der Waals surface area contributed by atoms with E-state index in [0.717, 1.165) is 20.8 Å². The van der Waals surface area contributed by atoms with Gasteiger partial charge in [0.05, 0.1) is 15.8 Å². The van der Waals surface area contributed by atoms with Crippen molar-refractivity contribution < 1.29 is 9.59 Å². The van der Waals surface area contributed by atoms with Gasteiger partial charge < -0.3 is 4.57 Å². The predicted octanol–water partition coefficient (Wildman–Crippen LogP) is 5.37. The molecule has 1 aliphatic carbocycles. The summed E-state index contributed by atoms with van der Waals surface area (Å²) in [5.41, 5.74) is 4.67. The zero-order valence-electron chi connectivity index (χ0n) is 14.6. The molecule has 1 aliphatic rings. The number of Topliss-reactive ketones (excluding diaryl/α,β-unsaturated/α-hetero) is 2.